The summed E-state index contributed by atoms with van der Waals surface area (Å²) in [5.74, 6) is 1.20. The van der Waals surface area contributed by atoms with Crippen LogP contribution in [0.4, 0.5) is 0 Å². The smallest absolute Gasteiger partial charge is 0.101 e. The molecule has 0 saturated heterocycles. The first-order valence-corrected chi connectivity index (χ1v) is 4.03. The predicted molar refractivity (Wildman–Crippen MR) is 49.9 cm³/mol. The Morgan fingerprint density at radius 1 is 1.42 bits per heavy atom. The molecule has 61 valence electrons. The molecule has 0 unspecified atom stereocenters. The molecule has 0 aliphatic heterocycles. The summed E-state index contributed by atoms with van der Waals surface area (Å²) in [5.41, 5.74) is 1.61. The number of nitriles is 1. The van der Waals surface area contributed by atoms with E-state index in [1.54, 1.807) is 6.07 Å². The first kappa shape index (κ1) is 9.09. The molecule has 0 atom stereocenters. The van der Waals surface area contributed by atoms with Crippen molar-refractivity contribution < 1.29 is 0 Å². The van der Waals surface area contributed by atoms with Crippen LogP contribution in [-0.4, -0.2) is 0 Å². The van der Waals surface area contributed by atoms with Crippen molar-refractivity contribution in [2.45, 2.75) is 13.8 Å². The van der Waals surface area contributed by atoms with Crippen LogP contribution in [0.25, 0.3) is 0 Å². The number of hydrogen-bond donors (Lipinski definition) is 0. The minimum atomic E-state index is 0.524. The van der Waals surface area contributed by atoms with E-state index in [0.717, 1.165) is 5.56 Å². The van der Waals surface area contributed by atoms with Gasteiger partial charge in [-0.25, -0.2) is 0 Å². The highest BCUT2D eigenvalue weighted by molar-refractivity contribution is 6.31. The topological polar surface area (TPSA) is 23.8 Å². The Labute approximate surface area is 77.6 Å². The van der Waals surface area contributed by atoms with Crippen LogP contribution < -0.4 is 0 Å². The largest absolute Gasteiger partial charge is 0.192 e. The summed E-state index contributed by atoms with van der Waals surface area (Å²) < 4.78 is 0. The Hall–Kier alpha value is -1.00. The normalized spacial score (nSPS) is 9.92. The van der Waals surface area contributed by atoms with E-state index in [9.17, 15) is 0 Å². The van der Waals surface area contributed by atoms with Crippen LogP contribution >= 0.6 is 11.6 Å². The van der Waals surface area contributed by atoms with E-state index in [1.807, 2.05) is 32.0 Å². The van der Waals surface area contributed by atoms with Crippen LogP contribution in [0, 0.1) is 17.2 Å². The van der Waals surface area contributed by atoms with Gasteiger partial charge < -0.3 is 0 Å². The second-order valence-electron chi connectivity index (χ2n) is 2.81. The number of benzene rings is 1. The van der Waals surface area contributed by atoms with Crippen LogP contribution in [0.1, 0.15) is 25.0 Å². The Morgan fingerprint density at radius 3 is 2.50 bits per heavy atom. The van der Waals surface area contributed by atoms with Crippen molar-refractivity contribution in [3.8, 4) is 6.07 Å². The molecule has 1 nitrogen and oxygen atoms in total. The Morgan fingerprint density at radius 2 is 2.08 bits per heavy atom. The van der Waals surface area contributed by atoms with Crippen LogP contribution in [0.15, 0.2) is 18.2 Å². The number of rotatable bonds is 1. The minimum absolute atomic E-state index is 0.524. The molecule has 0 heterocycles. The van der Waals surface area contributed by atoms with Gasteiger partial charge in [0.25, 0.3) is 0 Å². The minimum Gasteiger partial charge on any atom is -0.192 e. The summed E-state index contributed by atoms with van der Waals surface area (Å²) in [6.45, 7) is 4.02. The Balaban J connectivity index is 3.12. The van der Waals surface area contributed by atoms with Crippen molar-refractivity contribution >= 4 is 11.6 Å². The molecule has 12 heavy (non-hydrogen) atoms. The number of nitrogens with zero attached hydrogens (tertiary/aromatic N) is 1. The lowest BCUT2D eigenvalue weighted by Crippen LogP contribution is -1.88. The molecule has 2 heteroatoms. The van der Waals surface area contributed by atoms with Crippen molar-refractivity contribution in [3.05, 3.63) is 40.3 Å². The summed E-state index contributed by atoms with van der Waals surface area (Å²) >= 11 is 5.84. The van der Waals surface area contributed by atoms with Crippen molar-refractivity contribution in [1.82, 2.24) is 0 Å². The van der Waals surface area contributed by atoms with Gasteiger partial charge in [-0.1, -0.05) is 31.5 Å². The molecule has 0 aliphatic carbocycles. The lowest BCUT2D eigenvalue weighted by atomic mass is 10.0. The van der Waals surface area contributed by atoms with E-state index in [4.69, 9.17) is 16.9 Å². The molecule has 0 N–H and O–H groups in total. The van der Waals surface area contributed by atoms with Gasteiger partial charge in [-0.05, 0) is 23.6 Å². The van der Waals surface area contributed by atoms with Gasteiger partial charge in [-0.2, -0.15) is 5.26 Å². The van der Waals surface area contributed by atoms with E-state index in [-0.39, 0.29) is 0 Å². The fourth-order valence-corrected chi connectivity index (χ4v) is 1.14. The monoisotopic (exact) mass is 178 g/mol. The summed E-state index contributed by atoms with van der Waals surface area (Å²) in [6.07, 6.45) is 0. The van der Waals surface area contributed by atoms with Crippen LogP contribution in [-0.2, 0) is 0 Å². The predicted octanol–water partition coefficient (Wildman–Crippen LogP) is 3.17. The van der Waals surface area contributed by atoms with Crippen molar-refractivity contribution in [2.75, 3.05) is 0 Å². The van der Waals surface area contributed by atoms with Crippen molar-refractivity contribution in [1.29, 1.82) is 5.26 Å². The summed E-state index contributed by atoms with van der Waals surface area (Å²) in [4.78, 5) is 0. The maximum Gasteiger partial charge on any atom is 0.101 e. The second-order valence-corrected chi connectivity index (χ2v) is 3.21. The maximum absolute atomic E-state index is 8.61. The number of halogens is 1. The Kier molecular flexibility index (Phi) is 2.73. The molecule has 1 radical (unpaired) electrons. The average molecular weight is 179 g/mol. The molecule has 0 spiro atoms. The lowest BCUT2D eigenvalue weighted by Gasteiger charge is -2.04. The SMILES string of the molecule is C[C](C)c1ccc(C#N)c(Cl)c1. The van der Waals surface area contributed by atoms with Crippen LogP contribution in [0.2, 0.25) is 5.02 Å². The van der Waals surface area contributed by atoms with E-state index in [2.05, 4.69) is 0 Å². The third-order valence-electron chi connectivity index (χ3n) is 1.67. The maximum atomic E-state index is 8.61. The van der Waals surface area contributed by atoms with Gasteiger partial charge in [-0.3, -0.25) is 0 Å². The fraction of sp³-hybridized carbons (Fsp3) is 0.200. The summed E-state index contributed by atoms with van der Waals surface area (Å²) in [6, 6.07) is 7.48. The molecule has 0 aliphatic rings. The van der Waals surface area contributed by atoms with E-state index in [0.29, 0.717) is 10.6 Å². The van der Waals surface area contributed by atoms with Crippen molar-refractivity contribution in [2.24, 2.45) is 0 Å². The third-order valence-corrected chi connectivity index (χ3v) is 1.98. The quantitative estimate of drug-likeness (QED) is 0.648. The zero-order valence-electron chi connectivity index (χ0n) is 7.06. The zero-order valence-corrected chi connectivity index (χ0v) is 7.81. The molecule has 0 amide bonds. The molecular formula is C10H9ClN. The van der Waals surface area contributed by atoms with E-state index in [1.165, 1.54) is 5.92 Å². The highest BCUT2D eigenvalue weighted by atomic mass is 35.5. The second kappa shape index (κ2) is 3.60. The molecule has 0 aromatic heterocycles. The van der Waals surface area contributed by atoms with E-state index >= 15 is 0 Å². The highest BCUT2D eigenvalue weighted by Crippen LogP contribution is 2.21. The molecule has 1 aromatic rings. The first-order valence-electron chi connectivity index (χ1n) is 3.65. The Bertz CT molecular complexity index is 323. The lowest BCUT2D eigenvalue weighted by molar-refractivity contribution is 1.15. The summed E-state index contributed by atoms with van der Waals surface area (Å²) in [7, 11) is 0. The third kappa shape index (κ3) is 1.78. The van der Waals surface area contributed by atoms with E-state index < -0.39 is 0 Å². The van der Waals surface area contributed by atoms with Gasteiger partial charge >= 0.3 is 0 Å². The first-order chi connectivity index (χ1) is 5.65. The van der Waals surface area contributed by atoms with Crippen molar-refractivity contribution in [3.63, 3.8) is 0 Å². The molecule has 0 fully saturated rings. The van der Waals surface area contributed by atoms with Gasteiger partial charge in [0.05, 0.1) is 10.6 Å². The van der Waals surface area contributed by atoms with Gasteiger partial charge in [0, 0.05) is 0 Å². The standard InChI is InChI=1S/C10H9ClN/c1-7(2)8-3-4-9(6-12)10(11)5-8/h3-5H,1-2H3. The molecule has 1 aromatic carbocycles. The van der Waals surface area contributed by atoms with Crippen LogP contribution in [0.5, 0.6) is 0 Å². The molecule has 1 rings (SSSR count). The van der Waals surface area contributed by atoms with Crippen LogP contribution in [0.3, 0.4) is 0 Å². The molecular weight excluding hydrogens is 170 g/mol. The van der Waals surface area contributed by atoms with Gasteiger partial charge in [0.1, 0.15) is 6.07 Å². The average Bonchev–Trinajstić information content (AvgIpc) is 2.04. The molecule has 0 bridgehead atoms. The van der Waals surface area contributed by atoms with Gasteiger partial charge in [-0.15, -0.1) is 0 Å². The summed E-state index contributed by atoms with van der Waals surface area (Å²) in [5, 5.41) is 9.13. The highest BCUT2D eigenvalue weighted by Gasteiger charge is 2.03. The van der Waals surface area contributed by atoms with Gasteiger partial charge in [0.15, 0.2) is 0 Å². The number of hydrogen-bond acceptors (Lipinski definition) is 1. The van der Waals surface area contributed by atoms with Gasteiger partial charge in [0.2, 0.25) is 0 Å². The molecule has 0 saturated carbocycles. The zero-order chi connectivity index (χ0) is 9.14. The fourth-order valence-electron chi connectivity index (χ4n) is 0.917.